The standard InChI is InChI=1S/C20H19FN4O2/c21-16-6-4-14(5-7-16)11-17-13-22-19(27-17)18-3-1-2-10-25(18)20(26)15-8-9-23-24-12-15/h4-9,12-13,18H,1-3,10-11H2/t18-/m0/s1. The topological polar surface area (TPSA) is 72.1 Å². The van der Waals surface area contributed by atoms with Crippen molar-refractivity contribution in [1.82, 2.24) is 20.1 Å². The number of carbonyl (C=O) groups excluding carboxylic acids is 1. The minimum Gasteiger partial charge on any atom is -0.443 e. The van der Waals surface area contributed by atoms with Crippen molar-refractivity contribution in [2.75, 3.05) is 6.54 Å². The summed E-state index contributed by atoms with van der Waals surface area (Å²) in [5.74, 6) is 0.884. The second kappa shape index (κ2) is 7.65. The third-order valence-corrected chi connectivity index (χ3v) is 4.74. The van der Waals surface area contributed by atoms with Gasteiger partial charge in [0.2, 0.25) is 5.89 Å². The molecule has 4 rings (SSSR count). The van der Waals surface area contributed by atoms with E-state index in [9.17, 15) is 9.18 Å². The molecule has 7 heteroatoms. The lowest BCUT2D eigenvalue weighted by Gasteiger charge is -2.33. The molecule has 2 aromatic heterocycles. The summed E-state index contributed by atoms with van der Waals surface area (Å²) < 4.78 is 19.0. The Morgan fingerprint density at radius 3 is 2.78 bits per heavy atom. The van der Waals surface area contributed by atoms with Gasteiger partial charge in [-0.1, -0.05) is 12.1 Å². The zero-order chi connectivity index (χ0) is 18.6. The molecule has 1 fully saturated rings. The number of aromatic nitrogens is 3. The Bertz CT molecular complexity index is 911. The summed E-state index contributed by atoms with van der Waals surface area (Å²) in [6, 6.07) is 7.78. The van der Waals surface area contributed by atoms with Crippen molar-refractivity contribution in [2.24, 2.45) is 0 Å². The Labute approximate surface area is 156 Å². The molecule has 0 saturated carbocycles. The second-order valence-electron chi connectivity index (χ2n) is 6.61. The summed E-state index contributed by atoms with van der Waals surface area (Å²) in [6.07, 6.45) is 7.97. The van der Waals surface area contributed by atoms with E-state index in [0.717, 1.165) is 24.8 Å². The summed E-state index contributed by atoms with van der Waals surface area (Å²) >= 11 is 0. The van der Waals surface area contributed by atoms with Crippen LogP contribution in [0, 0.1) is 5.82 Å². The molecule has 0 radical (unpaired) electrons. The van der Waals surface area contributed by atoms with Crippen LogP contribution in [0.2, 0.25) is 0 Å². The second-order valence-corrected chi connectivity index (χ2v) is 6.61. The van der Waals surface area contributed by atoms with E-state index in [2.05, 4.69) is 15.2 Å². The van der Waals surface area contributed by atoms with Gasteiger partial charge in [0.1, 0.15) is 17.6 Å². The fourth-order valence-corrected chi connectivity index (χ4v) is 3.38. The van der Waals surface area contributed by atoms with Gasteiger partial charge >= 0.3 is 0 Å². The summed E-state index contributed by atoms with van der Waals surface area (Å²) in [7, 11) is 0. The van der Waals surface area contributed by atoms with Crippen LogP contribution in [0.4, 0.5) is 4.39 Å². The summed E-state index contributed by atoms with van der Waals surface area (Å²) in [5, 5.41) is 7.52. The molecule has 0 spiro atoms. The minimum absolute atomic E-state index is 0.0899. The largest absolute Gasteiger partial charge is 0.443 e. The highest BCUT2D eigenvalue weighted by atomic mass is 19.1. The van der Waals surface area contributed by atoms with E-state index < -0.39 is 0 Å². The van der Waals surface area contributed by atoms with Crippen LogP contribution in [-0.4, -0.2) is 32.5 Å². The molecule has 0 N–H and O–H groups in total. The van der Waals surface area contributed by atoms with Crippen LogP contribution in [0.25, 0.3) is 0 Å². The zero-order valence-corrected chi connectivity index (χ0v) is 14.7. The number of piperidine rings is 1. The van der Waals surface area contributed by atoms with Crippen molar-refractivity contribution in [3.05, 3.63) is 77.5 Å². The van der Waals surface area contributed by atoms with Crippen molar-refractivity contribution < 1.29 is 13.6 Å². The fraction of sp³-hybridized carbons (Fsp3) is 0.300. The van der Waals surface area contributed by atoms with E-state index >= 15 is 0 Å². The van der Waals surface area contributed by atoms with Crippen molar-refractivity contribution >= 4 is 5.91 Å². The van der Waals surface area contributed by atoms with Crippen LogP contribution < -0.4 is 0 Å². The van der Waals surface area contributed by atoms with Gasteiger partial charge in [0.05, 0.1) is 24.2 Å². The molecule has 1 amide bonds. The maximum Gasteiger partial charge on any atom is 0.256 e. The summed E-state index contributed by atoms with van der Waals surface area (Å²) in [4.78, 5) is 19.1. The minimum atomic E-state index is -0.265. The highest BCUT2D eigenvalue weighted by Crippen LogP contribution is 2.32. The fourth-order valence-electron chi connectivity index (χ4n) is 3.38. The molecule has 1 atom stereocenters. The number of rotatable bonds is 4. The third kappa shape index (κ3) is 3.86. The molecule has 27 heavy (non-hydrogen) atoms. The Morgan fingerprint density at radius 1 is 1.15 bits per heavy atom. The van der Waals surface area contributed by atoms with Crippen LogP contribution in [0.3, 0.4) is 0 Å². The molecule has 0 bridgehead atoms. The lowest BCUT2D eigenvalue weighted by molar-refractivity contribution is 0.0569. The number of oxazole rings is 1. The Morgan fingerprint density at radius 2 is 2.00 bits per heavy atom. The zero-order valence-electron chi connectivity index (χ0n) is 14.7. The SMILES string of the molecule is O=C(c1ccnnc1)N1CCCC[C@H]1c1ncc(Cc2ccc(F)cc2)o1. The highest BCUT2D eigenvalue weighted by molar-refractivity contribution is 5.94. The van der Waals surface area contributed by atoms with Gasteiger partial charge in [0, 0.05) is 13.0 Å². The van der Waals surface area contributed by atoms with Gasteiger partial charge in [-0.05, 0) is 43.0 Å². The first-order valence-electron chi connectivity index (χ1n) is 8.97. The van der Waals surface area contributed by atoms with Crippen LogP contribution in [0.1, 0.15) is 52.9 Å². The van der Waals surface area contributed by atoms with Gasteiger partial charge in [-0.15, -0.1) is 0 Å². The number of hydrogen-bond acceptors (Lipinski definition) is 5. The Balaban J connectivity index is 1.53. The quantitative estimate of drug-likeness (QED) is 0.706. The molecular formula is C20H19FN4O2. The molecule has 3 heterocycles. The predicted octanol–water partition coefficient (Wildman–Crippen LogP) is 3.56. The molecule has 0 aliphatic carbocycles. The average Bonchev–Trinajstić information content (AvgIpc) is 3.18. The van der Waals surface area contributed by atoms with E-state index in [4.69, 9.17) is 4.42 Å². The monoisotopic (exact) mass is 366 g/mol. The number of likely N-dealkylation sites (tertiary alicyclic amines) is 1. The highest BCUT2D eigenvalue weighted by Gasteiger charge is 2.32. The van der Waals surface area contributed by atoms with Crippen molar-refractivity contribution in [2.45, 2.75) is 31.7 Å². The lowest BCUT2D eigenvalue weighted by Crippen LogP contribution is -2.38. The molecule has 1 aliphatic heterocycles. The molecular weight excluding hydrogens is 347 g/mol. The number of benzene rings is 1. The normalized spacial score (nSPS) is 17.1. The van der Waals surface area contributed by atoms with Gasteiger partial charge < -0.3 is 9.32 Å². The molecule has 3 aromatic rings. The van der Waals surface area contributed by atoms with Gasteiger partial charge in [-0.2, -0.15) is 10.2 Å². The maximum absolute atomic E-state index is 13.0. The molecule has 1 saturated heterocycles. The van der Waals surface area contributed by atoms with E-state index in [1.54, 1.807) is 29.3 Å². The van der Waals surface area contributed by atoms with E-state index in [0.29, 0.717) is 30.2 Å². The molecule has 0 unspecified atom stereocenters. The van der Waals surface area contributed by atoms with Gasteiger partial charge in [-0.25, -0.2) is 9.37 Å². The molecule has 1 aliphatic rings. The lowest BCUT2D eigenvalue weighted by atomic mass is 10.0. The number of halogens is 1. The van der Waals surface area contributed by atoms with E-state index in [1.165, 1.54) is 24.5 Å². The first-order chi connectivity index (χ1) is 13.2. The Hall–Kier alpha value is -3.09. The first kappa shape index (κ1) is 17.3. The molecule has 1 aromatic carbocycles. The first-order valence-corrected chi connectivity index (χ1v) is 8.97. The van der Waals surface area contributed by atoms with Gasteiger partial charge in [-0.3, -0.25) is 4.79 Å². The Kier molecular flexibility index (Phi) is 4.91. The van der Waals surface area contributed by atoms with Crippen LogP contribution in [0.5, 0.6) is 0 Å². The van der Waals surface area contributed by atoms with Crippen LogP contribution in [0.15, 0.2) is 53.3 Å². The van der Waals surface area contributed by atoms with Gasteiger partial charge in [0.25, 0.3) is 5.91 Å². The van der Waals surface area contributed by atoms with Crippen LogP contribution in [-0.2, 0) is 6.42 Å². The molecule has 6 nitrogen and oxygen atoms in total. The molecule has 138 valence electrons. The third-order valence-electron chi connectivity index (χ3n) is 4.74. The summed E-state index contributed by atoms with van der Waals surface area (Å²) in [5.41, 5.74) is 1.45. The van der Waals surface area contributed by atoms with Crippen molar-refractivity contribution in [1.29, 1.82) is 0 Å². The summed E-state index contributed by atoms with van der Waals surface area (Å²) in [6.45, 7) is 0.654. The van der Waals surface area contributed by atoms with E-state index in [1.807, 2.05) is 0 Å². The number of nitrogens with zero attached hydrogens (tertiary/aromatic N) is 4. The number of hydrogen-bond donors (Lipinski definition) is 0. The van der Waals surface area contributed by atoms with Crippen LogP contribution >= 0.6 is 0 Å². The number of amides is 1. The average molecular weight is 366 g/mol. The smallest absolute Gasteiger partial charge is 0.256 e. The maximum atomic E-state index is 13.0. The number of carbonyl (C=O) groups is 1. The predicted molar refractivity (Wildman–Crippen MR) is 95.4 cm³/mol. The van der Waals surface area contributed by atoms with Gasteiger partial charge in [0.15, 0.2) is 0 Å². The van der Waals surface area contributed by atoms with E-state index in [-0.39, 0.29) is 17.8 Å². The van der Waals surface area contributed by atoms with Crippen molar-refractivity contribution in [3.8, 4) is 0 Å². The van der Waals surface area contributed by atoms with Crippen molar-refractivity contribution in [3.63, 3.8) is 0 Å².